The van der Waals surface area contributed by atoms with Crippen LogP contribution >= 0.6 is 23.2 Å². The third-order valence-electron chi connectivity index (χ3n) is 2.78. The van der Waals surface area contributed by atoms with E-state index in [1.807, 2.05) is 13.8 Å². The second kappa shape index (κ2) is 6.37. The van der Waals surface area contributed by atoms with Crippen LogP contribution in [-0.4, -0.2) is 11.9 Å². The molecule has 2 rings (SSSR count). The van der Waals surface area contributed by atoms with Gasteiger partial charge in [-0.2, -0.15) is 0 Å². The molecule has 0 spiro atoms. The van der Waals surface area contributed by atoms with Gasteiger partial charge in [-0.3, -0.25) is 4.79 Å². The van der Waals surface area contributed by atoms with Gasteiger partial charge in [-0.25, -0.2) is 0 Å². The highest BCUT2D eigenvalue weighted by atomic mass is 35.5. The summed E-state index contributed by atoms with van der Waals surface area (Å²) in [5.74, 6) is 0.476. The van der Waals surface area contributed by atoms with Gasteiger partial charge < -0.3 is 10.5 Å². The smallest absolute Gasteiger partial charge is 0.194 e. The number of anilines is 1. The fourth-order valence-electron chi connectivity index (χ4n) is 1.89. The van der Waals surface area contributed by atoms with Gasteiger partial charge in [0.2, 0.25) is 0 Å². The third kappa shape index (κ3) is 3.69. The number of carbonyl (C=O) groups excluding carboxylic acids is 1. The molecule has 0 saturated carbocycles. The molecule has 0 aliphatic rings. The predicted octanol–water partition coefficient (Wildman–Crippen LogP) is 4.59. The van der Waals surface area contributed by atoms with Crippen molar-refractivity contribution in [3.8, 4) is 5.75 Å². The van der Waals surface area contributed by atoms with Crippen LogP contribution in [0.25, 0.3) is 0 Å². The quantitative estimate of drug-likeness (QED) is 0.661. The molecule has 21 heavy (non-hydrogen) atoms. The fourth-order valence-corrected chi connectivity index (χ4v) is 2.31. The normalized spacial score (nSPS) is 10.7. The third-order valence-corrected chi connectivity index (χ3v) is 3.59. The first-order valence-electron chi connectivity index (χ1n) is 6.44. The van der Waals surface area contributed by atoms with E-state index in [4.69, 9.17) is 33.7 Å². The minimum absolute atomic E-state index is 0.0775. The highest BCUT2D eigenvalue weighted by Crippen LogP contribution is 2.30. The summed E-state index contributed by atoms with van der Waals surface area (Å²) < 4.78 is 5.54. The SMILES string of the molecule is CC(C)Oc1ccc(C(=O)c2cc(N)cc(Cl)c2Cl)cc1. The monoisotopic (exact) mass is 323 g/mol. The number of nitrogen functional groups attached to an aromatic ring is 1. The number of ketones is 1. The van der Waals surface area contributed by atoms with E-state index in [1.165, 1.54) is 12.1 Å². The number of hydrogen-bond donors (Lipinski definition) is 1. The Hall–Kier alpha value is -1.71. The maximum atomic E-state index is 12.5. The summed E-state index contributed by atoms with van der Waals surface area (Å²) in [6.07, 6.45) is 0.0775. The fraction of sp³-hybridized carbons (Fsp3) is 0.188. The molecule has 0 unspecified atom stereocenters. The summed E-state index contributed by atoms with van der Waals surface area (Å²) in [5, 5.41) is 0.471. The molecular formula is C16H15Cl2NO2. The molecule has 0 radical (unpaired) electrons. The molecule has 2 aromatic rings. The van der Waals surface area contributed by atoms with Crippen LogP contribution < -0.4 is 10.5 Å². The van der Waals surface area contributed by atoms with E-state index in [0.717, 1.165) is 0 Å². The van der Waals surface area contributed by atoms with E-state index in [1.54, 1.807) is 24.3 Å². The van der Waals surface area contributed by atoms with E-state index in [-0.39, 0.29) is 21.9 Å². The van der Waals surface area contributed by atoms with Crippen molar-refractivity contribution < 1.29 is 9.53 Å². The number of ether oxygens (including phenoxy) is 1. The van der Waals surface area contributed by atoms with Crippen LogP contribution in [0.3, 0.4) is 0 Å². The number of halogens is 2. The molecule has 0 amide bonds. The van der Waals surface area contributed by atoms with Crippen molar-refractivity contribution in [1.82, 2.24) is 0 Å². The molecule has 0 saturated heterocycles. The largest absolute Gasteiger partial charge is 0.491 e. The second-order valence-corrected chi connectivity index (χ2v) is 5.67. The zero-order chi connectivity index (χ0) is 15.6. The maximum Gasteiger partial charge on any atom is 0.194 e. The van der Waals surface area contributed by atoms with Crippen molar-refractivity contribution in [2.45, 2.75) is 20.0 Å². The Morgan fingerprint density at radius 3 is 2.33 bits per heavy atom. The highest BCUT2D eigenvalue weighted by molar-refractivity contribution is 6.44. The Morgan fingerprint density at radius 2 is 1.76 bits per heavy atom. The Labute approximate surface area is 133 Å². The number of benzene rings is 2. The summed E-state index contributed by atoms with van der Waals surface area (Å²) in [6, 6.07) is 9.90. The molecule has 0 heterocycles. The van der Waals surface area contributed by atoms with Gasteiger partial charge in [-0.05, 0) is 50.2 Å². The van der Waals surface area contributed by atoms with Gasteiger partial charge in [0.05, 0.1) is 16.1 Å². The highest BCUT2D eigenvalue weighted by Gasteiger charge is 2.16. The van der Waals surface area contributed by atoms with Gasteiger partial charge in [0.15, 0.2) is 5.78 Å². The lowest BCUT2D eigenvalue weighted by atomic mass is 10.0. The van der Waals surface area contributed by atoms with Gasteiger partial charge >= 0.3 is 0 Å². The zero-order valence-electron chi connectivity index (χ0n) is 11.7. The van der Waals surface area contributed by atoms with Gasteiger partial charge in [0.25, 0.3) is 0 Å². The van der Waals surface area contributed by atoms with E-state index in [0.29, 0.717) is 22.6 Å². The molecule has 110 valence electrons. The van der Waals surface area contributed by atoms with Crippen LogP contribution in [0.15, 0.2) is 36.4 Å². The summed E-state index contributed by atoms with van der Waals surface area (Å²) >= 11 is 12.0. The van der Waals surface area contributed by atoms with Crippen molar-refractivity contribution >= 4 is 34.7 Å². The minimum atomic E-state index is -0.231. The van der Waals surface area contributed by atoms with Crippen molar-refractivity contribution in [3.05, 3.63) is 57.6 Å². The molecule has 2 aromatic carbocycles. The Morgan fingerprint density at radius 1 is 1.14 bits per heavy atom. The van der Waals surface area contributed by atoms with Crippen molar-refractivity contribution in [2.75, 3.05) is 5.73 Å². The molecule has 0 aliphatic carbocycles. The number of rotatable bonds is 4. The number of carbonyl (C=O) groups is 1. The standard InChI is InChI=1S/C16H15Cl2NO2/c1-9(2)21-12-5-3-10(4-6-12)16(20)13-7-11(19)8-14(17)15(13)18/h3-9H,19H2,1-2H3. The topological polar surface area (TPSA) is 52.3 Å². The molecule has 2 N–H and O–H groups in total. The summed E-state index contributed by atoms with van der Waals surface area (Å²) in [6.45, 7) is 3.88. The van der Waals surface area contributed by atoms with E-state index in [2.05, 4.69) is 0 Å². The number of hydrogen-bond acceptors (Lipinski definition) is 3. The molecule has 0 atom stereocenters. The van der Waals surface area contributed by atoms with E-state index < -0.39 is 0 Å². The van der Waals surface area contributed by atoms with Crippen LogP contribution in [0.1, 0.15) is 29.8 Å². The summed E-state index contributed by atoms with van der Waals surface area (Å²) in [5.41, 5.74) is 6.89. The van der Waals surface area contributed by atoms with Crippen LogP contribution in [0.5, 0.6) is 5.75 Å². The van der Waals surface area contributed by atoms with E-state index in [9.17, 15) is 4.79 Å². The van der Waals surface area contributed by atoms with Gasteiger partial charge in [-0.1, -0.05) is 23.2 Å². The van der Waals surface area contributed by atoms with Gasteiger partial charge in [0, 0.05) is 16.8 Å². The molecule has 0 fully saturated rings. The second-order valence-electron chi connectivity index (χ2n) is 4.88. The van der Waals surface area contributed by atoms with Crippen LogP contribution in [-0.2, 0) is 0 Å². The lowest BCUT2D eigenvalue weighted by Crippen LogP contribution is -2.07. The molecule has 0 bridgehead atoms. The van der Waals surface area contributed by atoms with Crippen molar-refractivity contribution in [3.63, 3.8) is 0 Å². The molecular weight excluding hydrogens is 309 g/mol. The summed E-state index contributed by atoms with van der Waals surface area (Å²) in [4.78, 5) is 12.5. The first kappa shape index (κ1) is 15.7. The maximum absolute atomic E-state index is 12.5. The minimum Gasteiger partial charge on any atom is -0.491 e. The summed E-state index contributed by atoms with van der Waals surface area (Å²) in [7, 11) is 0. The molecule has 3 nitrogen and oxygen atoms in total. The first-order chi connectivity index (χ1) is 9.88. The Balaban J connectivity index is 2.32. The lowest BCUT2D eigenvalue weighted by molar-refractivity contribution is 0.103. The van der Waals surface area contributed by atoms with Crippen molar-refractivity contribution in [1.29, 1.82) is 0 Å². The molecule has 5 heteroatoms. The average molecular weight is 324 g/mol. The first-order valence-corrected chi connectivity index (χ1v) is 7.20. The van der Waals surface area contributed by atoms with Crippen LogP contribution in [0.2, 0.25) is 10.0 Å². The zero-order valence-corrected chi connectivity index (χ0v) is 13.2. The van der Waals surface area contributed by atoms with E-state index >= 15 is 0 Å². The Bertz CT molecular complexity index is 667. The van der Waals surface area contributed by atoms with Crippen LogP contribution in [0.4, 0.5) is 5.69 Å². The Kier molecular flexibility index (Phi) is 4.76. The van der Waals surface area contributed by atoms with Gasteiger partial charge in [-0.15, -0.1) is 0 Å². The van der Waals surface area contributed by atoms with Crippen LogP contribution in [0, 0.1) is 0 Å². The van der Waals surface area contributed by atoms with Crippen molar-refractivity contribution in [2.24, 2.45) is 0 Å². The van der Waals surface area contributed by atoms with Gasteiger partial charge in [0.1, 0.15) is 5.75 Å². The molecule has 0 aromatic heterocycles. The average Bonchev–Trinajstić information content (AvgIpc) is 2.42. The molecule has 0 aliphatic heterocycles. The number of nitrogens with two attached hydrogens (primary N) is 1. The lowest BCUT2D eigenvalue weighted by Gasteiger charge is -2.10. The predicted molar refractivity (Wildman–Crippen MR) is 86.5 cm³/mol.